The van der Waals surface area contributed by atoms with E-state index in [1.54, 1.807) is 12.1 Å². The fourth-order valence-electron chi connectivity index (χ4n) is 2.23. The maximum atomic E-state index is 11.9. The molecule has 1 fully saturated rings. The number of rotatable bonds is 2. The van der Waals surface area contributed by atoms with Crippen LogP contribution < -0.4 is 10.6 Å². The van der Waals surface area contributed by atoms with Crippen molar-refractivity contribution < 1.29 is 18.0 Å². The predicted octanol–water partition coefficient (Wildman–Crippen LogP) is 0.545. The van der Waals surface area contributed by atoms with Crippen molar-refractivity contribution in [3.63, 3.8) is 0 Å². The zero-order valence-corrected chi connectivity index (χ0v) is 12.8. The SMILES string of the molecule is Cc1cccc(NC(=O)C(=O)NC2CCS(=O)(=O)C2)c1C. The van der Waals surface area contributed by atoms with E-state index in [0.29, 0.717) is 12.1 Å². The van der Waals surface area contributed by atoms with E-state index >= 15 is 0 Å². The second kappa shape index (κ2) is 5.85. The molecule has 1 aromatic carbocycles. The van der Waals surface area contributed by atoms with Gasteiger partial charge in [-0.15, -0.1) is 0 Å². The van der Waals surface area contributed by atoms with E-state index in [2.05, 4.69) is 10.6 Å². The molecule has 6 nitrogen and oxygen atoms in total. The number of anilines is 1. The molecule has 1 unspecified atom stereocenters. The summed E-state index contributed by atoms with van der Waals surface area (Å²) < 4.78 is 22.6. The normalized spacial score (nSPS) is 20.0. The summed E-state index contributed by atoms with van der Waals surface area (Å²) in [6, 6.07) is 4.94. The molecule has 0 spiro atoms. The van der Waals surface area contributed by atoms with Gasteiger partial charge in [0, 0.05) is 11.7 Å². The molecular weight excluding hydrogens is 292 g/mol. The topological polar surface area (TPSA) is 92.3 Å². The quantitative estimate of drug-likeness (QED) is 0.780. The number of carbonyl (C=O) groups excluding carboxylic acids is 2. The highest BCUT2D eigenvalue weighted by Crippen LogP contribution is 2.18. The lowest BCUT2D eigenvalue weighted by molar-refractivity contribution is -0.136. The maximum Gasteiger partial charge on any atom is 0.313 e. The Kier molecular flexibility index (Phi) is 4.32. The number of benzene rings is 1. The zero-order valence-electron chi connectivity index (χ0n) is 12.0. The zero-order chi connectivity index (χ0) is 15.6. The number of hydrogen-bond donors (Lipinski definition) is 2. The standard InChI is InChI=1S/C14H18N2O4S/c1-9-4-3-5-12(10(9)2)16-14(18)13(17)15-11-6-7-21(19,20)8-11/h3-5,11H,6-8H2,1-2H3,(H,15,17)(H,16,18). The molecule has 2 N–H and O–H groups in total. The van der Waals surface area contributed by atoms with Crippen LogP contribution in [0, 0.1) is 13.8 Å². The number of amides is 2. The van der Waals surface area contributed by atoms with Crippen molar-refractivity contribution in [3.8, 4) is 0 Å². The first-order valence-electron chi connectivity index (χ1n) is 6.67. The molecule has 7 heteroatoms. The highest BCUT2D eigenvalue weighted by Gasteiger charge is 2.30. The smallest absolute Gasteiger partial charge is 0.313 e. The first kappa shape index (κ1) is 15.5. The fourth-order valence-corrected chi connectivity index (χ4v) is 3.90. The van der Waals surface area contributed by atoms with Crippen LogP contribution in [0.15, 0.2) is 18.2 Å². The minimum Gasteiger partial charge on any atom is -0.344 e. The van der Waals surface area contributed by atoms with Crippen LogP contribution in [0.4, 0.5) is 5.69 Å². The summed E-state index contributed by atoms with van der Waals surface area (Å²) in [5.74, 6) is -1.64. The number of hydrogen-bond acceptors (Lipinski definition) is 4. The van der Waals surface area contributed by atoms with Crippen molar-refractivity contribution in [1.82, 2.24) is 5.32 Å². The molecule has 1 aliphatic rings. The Labute approximate surface area is 123 Å². The summed E-state index contributed by atoms with van der Waals surface area (Å²) in [6.07, 6.45) is 0.352. The van der Waals surface area contributed by atoms with Gasteiger partial charge in [0.15, 0.2) is 9.84 Å². The van der Waals surface area contributed by atoms with Gasteiger partial charge in [-0.2, -0.15) is 0 Å². The molecule has 2 amide bonds. The minimum atomic E-state index is -3.08. The molecule has 1 aromatic rings. The molecule has 1 saturated heterocycles. The molecule has 0 bridgehead atoms. The molecule has 1 heterocycles. The van der Waals surface area contributed by atoms with Crippen molar-refractivity contribution in [2.45, 2.75) is 26.3 Å². The molecule has 2 rings (SSSR count). The largest absolute Gasteiger partial charge is 0.344 e. The van der Waals surface area contributed by atoms with Crippen LogP contribution in [-0.4, -0.2) is 37.8 Å². The van der Waals surface area contributed by atoms with Crippen LogP contribution in [0.2, 0.25) is 0 Å². The van der Waals surface area contributed by atoms with Gasteiger partial charge in [-0.25, -0.2) is 8.42 Å². The molecule has 0 aliphatic carbocycles. The second-order valence-corrected chi connectivity index (χ2v) is 7.50. The van der Waals surface area contributed by atoms with E-state index in [-0.39, 0.29) is 11.5 Å². The van der Waals surface area contributed by atoms with Gasteiger partial charge in [0.25, 0.3) is 0 Å². The molecule has 0 aromatic heterocycles. The Morgan fingerprint density at radius 1 is 1.19 bits per heavy atom. The van der Waals surface area contributed by atoms with Crippen molar-refractivity contribution in [3.05, 3.63) is 29.3 Å². The minimum absolute atomic E-state index is 0.0521. The van der Waals surface area contributed by atoms with Crippen molar-refractivity contribution in [2.24, 2.45) is 0 Å². The van der Waals surface area contributed by atoms with Crippen LogP contribution in [-0.2, 0) is 19.4 Å². The van der Waals surface area contributed by atoms with Gasteiger partial charge in [-0.3, -0.25) is 9.59 Å². The molecule has 1 atom stereocenters. The van der Waals surface area contributed by atoms with Gasteiger partial charge in [-0.05, 0) is 37.5 Å². The fraction of sp³-hybridized carbons (Fsp3) is 0.429. The average Bonchev–Trinajstić information content (AvgIpc) is 2.74. The van der Waals surface area contributed by atoms with Crippen molar-refractivity contribution >= 4 is 27.3 Å². The van der Waals surface area contributed by atoms with Gasteiger partial charge in [0.1, 0.15) is 0 Å². The molecule has 0 radical (unpaired) electrons. The predicted molar refractivity (Wildman–Crippen MR) is 79.7 cm³/mol. The Balaban J connectivity index is 1.97. The summed E-state index contributed by atoms with van der Waals surface area (Å²) >= 11 is 0. The monoisotopic (exact) mass is 310 g/mol. The van der Waals surface area contributed by atoms with Crippen molar-refractivity contribution in [2.75, 3.05) is 16.8 Å². The van der Waals surface area contributed by atoms with E-state index in [1.165, 1.54) is 0 Å². The summed E-state index contributed by atoms with van der Waals surface area (Å²) in [4.78, 5) is 23.6. The van der Waals surface area contributed by atoms with E-state index in [4.69, 9.17) is 0 Å². The molecule has 1 aliphatic heterocycles. The number of carbonyl (C=O) groups is 2. The second-order valence-electron chi connectivity index (χ2n) is 5.28. The Hall–Kier alpha value is -1.89. The van der Waals surface area contributed by atoms with E-state index in [9.17, 15) is 18.0 Å². The van der Waals surface area contributed by atoms with Crippen LogP contribution in [0.1, 0.15) is 17.5 Å². The summed E-state index contributed by atoms with van der Waals surface area (Å²) in [6.45, 7) is 3.76. The van der Waals surface area contributed by atoms with Crippen LogP contribution in [0.25, 0.3) is 0 Å². The Morgan fingerprint density at radius 2 is 1.90 bits per heavy atom. The molecular formula is C14H18N2O4S. The summed E-state index contributed by atoms with van der Waals surface area (Å²) in [5.41, 5.74) is 2.48. The summed E-state index contributed by atoms with van der Waals surface area (Å²) in [5, 5.41) is 5.00. The van der Waals surface area contributed by atoms with Gasteiger partial charge in [-0.1, -0.05) is 12.1 Å². The highest BCUT2D eigenvalue weighted by atomic mass is 32.2. The maximum absolute atomic E-state index is 11.9. The first-order valence-corrected chi connectivity index (χ1v) is 8.49. The average molecular weight is 310 g/mol. The molecule has 114 valence electrons. The Morgan fingerprint density at radius 3 is 2.52 bits per heavy atom. The third kappa shape index (κ3) is 3.81. The first-order chi connectivity index (χ1) is 9.78. The number of aryl methyl sites for hydroxylation is 1. The molecule has 21 heavy (non-hydrogen) atoms. The van der Waals surface area contributed by atoms with Gasteiger partial charge in [0.05, 0.1) is 11.5 Å². The number of nitrogens with one attached hydrogen (secondary N) is 2. The van der Waals surface area contributed by atoms with Gasteiger partial charge < -0.3 is 10.6 Å². The number of sulfone groups is 1. The molecule has 0 saturated carbocycles. The van der Waals surface area contributed by atoms with Crippen LogP contribution >= 0.6 is 0 Å². The Bertz CT molecular complexity index is 682. The van der Waals surface area contributed by atoms with Gasteiger partial charge >= 0.3 is 11.8 Å². The lowest BCUT2D eigenvalue weighted by atomic mass is 10.1. The van der Waals surface area contributed by atoms with E-state index in [1.807, 2.05) is 19.9 Å². The van der Waals surface area contributed by atoms with Crippen LogP contribution in [0.3, 0.4) is 0 Å². The summed E-state index contributed by atoms with van der Waals surface area (Å²) in [7, 11) is -3.08. The highest BCUT2D eigenvalue weighted by molar-refractivity contribution is 7.91. The third-order valence-corrected chi connectivity index (χ3v) is 5.39. The lowest BCUT2D eigenvalue weighted by Crippen LogP contribution is -2.42. The van der Waals surface area contributed by atoms with Gasteiger partial charge in [0.2, 0.25) is 0 Å². The van der Waals surface area contributed by atoms with Crippen molar-refractivity contribution in [1.29, 1.82) is 0 Å². The van der Waals surface area contributed by atoms with Crippen LogP contribution in [0.5, 0.6) is 0 Å². The lowest BCUT2D eigenvalue weighted by Gasteiger charge is -2.12. The van der Waals surface area contributed by atoms with E-state index < -0.39 is 27.7 Å². The third-order valence-electron chi connectivity index (χ3n) is 3.63. The van der Waals surface area contributed by atoms with E-state index in [0.717, 1.165) is 11.1 Å².